The SMILES string of the molecule is C(=C/c1ccccc1)/C[Se]c1ccccc1. The van der Waals surface area contributed by atoms with E-state index in [1.165, 1.54) is 10.0 Å². The van der Waals surface area contributed by atoms with E-state index in [0.717, 1.165) is 5.32 Å². The van der Waals surface area contributed by atoms with Gasteiger partial charge in [-0.15, -0.1) is 0 Å². The van der Waals surface area contributed by atoms with Crippen molar-refractivity contribution in [1.29, 1.82) is 0 Å². The molecular weight excluding hydrogens is 259 g/mol. The molecule has 0 bridgehead atoms. The Bertz CT molecular complexity index is 432. The molecule has 0 spiro atoms. The third-order valence-corrected chi connectivity index (χ3v) is 4.22. The summed E-state index contributed by atoms with van der Waals surface area (Å²) in [5, 5.41) is 1.16. The summed E-state index contributed by atoms with van der Waals surface area (Å²) >= 11 is 0.562. The average Bonchev–Trinajstić information content (AvgIpc) is 2.37. The fourth-order valence-electron chi connectivity index (χ4n) is 1.41. The second-order valence-corrected chi connectivity index (χ2v) is 5.73. The summed E-state index contributed by atoms with van der Waals surface area (Å²) in [5.41, 5.74) is 1.28. The number of rotatable bonds is 4. The van der Waals surface area contributed by atoms with Crippen molar-refractivity contribution in [2.24, 2.45) is 0 Å². The molecule has 0 nitrogen and oxygen atoms in total. The van der Waals surface area contributed by atoms with Gasteiger partial charge in [-0.2, -0.15) is 0 Å². The summed E-state index contributed by atoms with van der Waals surface area (Å²) in [6, 6.07) is 21.1. The van der Waals surface area contributed by atoms with E-state index in [4.69, 9.17) is 0 Å². The molecule has 0 N–H and O–H groups in total. The first-order chi connectivity index (χ1) is 7.95. The van der Waals surface area contributed by atoms with Gasteiger partial charge in [-0.1, -0.05) is 0 Å². The maximum atomic E-state index is 2.27. The Balaban J connectivity index is 1.83. The van der Waals surface area contributed by atoms with E-state index < -0.39 is 0 Å². The maximum absolute atomic E-state index is 2.27. The minimum absolute atomic E-state index is 0.562. The topological polar surface area (TPSA) is 0 Å². The standard InChI is InChI=1S/C15H14Se/c1-3-8-14(9-4-1)10-7-13-16-15-11-5-2-6-12-15/h1-12H,13H2/b10-7-. The Labute approximate surface area is 103 Å². The molecule has 0 aliphatic carbocycles. The van der Waals surface area contributed by atoms with Crippen molar-refractivity contribution >= 4 is 25.5 Å². The van der Waals surface area contributed by atoms with Gasteiger partial charge < -0.3 is 0 Å². The van der Waals surface area contributed by atoms with Gasteiger partial charge in [-0.3, -0.25) is 0 Å². The molecule has 0 aliphatic rings. The normalized spacial score (nSPS) is 10.8. The van der Waals surface area contributed by atoms with E-state index in [1.807, 2.05) is 6.07 Å². The van der Waals surface area contributed by atoms with Gasteiger partial charge in [0, 0.05) is 0 Å². The van der Waals surface area contributed by atoms with E-state index in [0.29, 0.717) is 15.0 Å². The van der Waals surface area contributed by atoms with Crippen molar-refractivity contribution in [3.63, 3.8) is 0 Å². The average molecular weight is 273 g/mol. The van der Waals surface area contributed by atoms with Gasteiger partial charge in [0.05, 0.1) is 0 Å². The third-order valence-electron chi connectivity index (χ3n) is 2.20. The van der Waals surface area contributed by atoms with Crippen LogP contribution in [0.2, 0.25) is 5.32 Å². The van der Waals surface area contributed by atoms with Crippen molar-refractivity contribution in [2.45, 2.75) is 5.32 Å². The van der Waals surface area contributed by atoms with Crippen LogP contribution in [-0.2, 0) is 0 Å². The molecule has 0 aromatic heterocycles. The van der Waals surface area contributed by atoms with Gasteiger partial charge in [0.15, 0.2) is 0 Å². The Morgan fingerprint density at radius 2 is 1.44 bits per heavy atom. The van der Waals surface area contributed by atoms with Crippen LogP contribution in [0.4, 0.5) is 0 Å². The number of allylic oxidation sites excluding steroid dienone is 1. The summed E-state index contributed by atoms with van der Waals surface area (Å²) in [7, 11) is 0. The number of benzene rings is 2. The number of hydrogen-bond acceptors (Lipinski definition) is 0. The second kappa shape index (κ2) is 6.32. The van der Waals surface area contributed by atoms with Crippen LogP contribution in [0.15, 0.2) is 66.7 Å². The van der Waals surface area contributed by atoms with Gasteiger partial charge in [0.1, 0.15) is 0 Å². The van der Waals surface area contributed by atoms with Crippen molar-refractivity contribution < 1.29 is 0 Å². The quantitative estimate of drug-likeness (QED) is 0.751. The second-order valence-electron chi connectivity index (χ2n) is 3.44. The summed E-state index contributed by atoms with van der Waals surface area (Å²) in [6.07, 6.45) is 4.47. The first-order valence-corrected chi connectivity index (χ1v) is 7.41. The minimum atomic E-state index is 0.562. The van der Waals surface area contributed by atoms with E-state index in [1.54, 1.807) is 0 Å². The molecule has 80 valence electrons. The first kappa shape index (κ1) is 11.2. The molecule has 2 aromatic carbocycles. The van der Waals surface area contributed by atoms with Crippen molar-refractivity contribution in [3.05, 3.63) is 72.3 Å². The van der Waals surface area contributed by atoms with Gasteiger partial charge >= 0.3 is 103 Å². The fourth-order valence-corrected chi connectivity index (χ4v) is 2.95. The van der Waals surface area contributed by atoms with E-state index >= 15 is 0 Å². The van der Waals surface area contributed by atoms with Crippen LogP contribution in [-0.4, -0.2) is 15.0 Å². The molecule has 2 rings (SSSR count). The molecule has 0 fully saturated rings. The molecule has 0 radical (unpaired) electrons. The molecule has 1 heteroatoms. The summed E-state index contributed by atoms with van der Waals surface area (Å²) in [5.74, 6) is 0. The monoisotopic (exact) mass is 274 g/mol. The van der Waals surface area contributed by atoms with Crippen molar-refractivity contribution in [1.82, 2.24) is 0 Å². The molecular formula is C15H14Se. The van der Waals surface area contributed by atoms with E-state index in [2.05, 4.69) is 66.7 Å². The molecule has 2 aromatic rings. The van der Waals surface area contributed by atoms with Crippen LogP contribution in [0.1, 0.15) is 5.56 Å². The van der Waals surface area contributed by atoms with Crippen LogP contribution in [0.25, 0.3) is 6.08 Å². The molecule has 0 atom stereocenters. The molecule has 16 heavy (non-hydrogen) atoms. The summed E-state index contributed by atoms with van der Waals surface area (Å²) in [4.78, 5) is 0. The van der Waals surface area contributed by atoms with Crippen LogP contribution in [0, 0.1) is 0 Å². The Morgan fingerprint density at radius 1 is 0.812 bits per heavy atom. The van der Waals surface area contributed by atoms with Gasteiger partial charge in [-0.05, 0) is 0 Å². The zero-order valence-corrected chi connectivity index (χ0v) is 10.8. The van der Waals surface area contributed by atoms with Gasteiger partial charge in [-0.25, -0.2) is 0 Å². The predicted molar refractivity (Wildman–Crippen MR) is 72.1 cm³/mol. The van der Waals surface area contributed by atoms with Crippen LogP contribution < -0.4 is 4.46 Å². The molecule has 0 amide bonds. The van der Waals surface area contributed by atoms with Gasteiger partial charge in [0.25, 0.3) is 0 Å². The molecule has 0 heterocycles. The molecule has 0 aliphatic heterocycles. The van der Waals surface area contributed by atoms with Crippen LogP contribution >= 0.6 is 0 Å². The Morgan fingerprint density at radius 3 is 2.12 bits per heavy atom. The van der Waals surface area contributed by atoms with E-state index in [-0.39, 0.29) is 0 Å². The van der Waals surface area contributed by atoms with Crippen molar-refractivity contribution in [2.75, 3.05) is 0 Å². The van der Waals surface area contributed by atoms with Crippen LogP contribution in [0.5, 0.6) is 0 Å². The Hall–Kier alpha value is -1.30. The zero-order valence-electron chi connectivity index (χ0n) is 9.04. The number of hydrogen-bond donors (Lipinski definition) is 0. The molecule has 0 unspecified atom stereocenters. The summed E-state index contributed by atoms with van der Waals surface area (Å²) in [6.45, 7) is 0. The molecule has 0 saturated heterocycles. The van der Waals surface area contributed by atoms with Crippen LogP contribution in [0.3, 0.4) is 0 Å². The van der Waals surface area contributed by atoms with Crippen molar-refractivity contribution in [3.8, 4) is 0 Å². The predicted octanol–water partition coefficient (Wildman–Crippen LogP) is 3.15. The zero-order chi connectivity index (χ0) is 11.1. The fraction of sp³-hybridized carbons (Fsp3) is 0.0667. The third kappa shape index (κ3) is 3.69. The summed E-state index contributed by atoms with van der Waals surface area (Å²) < 4.78 is 1.47. The molecule has 0 saturated carbocycles. The van der Waals surface area contributed by atoms with Gasteiger partial charge in [0.2, 0.25) is 0 Å². The van der Waals surface area contributed by atoms with E-state index in [9.17, 15) is 0 Å². The Kier molecular flexibility index (Phi) is 4.42. The first-order valence-electron chi connectivity index (χ1n) is 5.34.